The second kappa shape index (κ2) is 12.9. The molecule has 0 radical (unpaired) electrons. The number of aryl methyl sites for hydroxylation is 1. The Hall–Kier alpha value is -4.20. The second-order valence-corrected chi connectivity index (χ2v) is 12.0. The van der Waals surface area contributed by atoms with Crippen LogP contribution < -0.4 is 4.74 Å². The molecule has 262 valence electrons. The van der Waals surface area contributed by atoms with Gasteiger partial charge < -0.3 is 69.6 Å². The van der Waals surface area contributed by atoms with Gasteiger partial charge in [-0.15, -0.1) is 0 Å². The number of methoxy groups -OCH3 is 1. The molecule has 0 bridgehead atoms. The van der Waals surface area contributed by atoms with E-state index in [2.05, 4.69) is 0 Å². The van der Waals surface area contributed by atoms with Crippen molar-refractivity contribution in [1.29, 1.82) is 0 Å². The molecule has 0 aromatic heterocycles. The third-order valence-corrected chi connectivity index (χ3v) is 8.84. The number of ether oxygens (including phenoxy) is 5. The van der Waals surface area contributed by atoms with Crippen molar-refractivity contribution in [3.05, 3.63) is 88.0 Å². The molecule has 0 saturated carbocycles. The summed E-state index contributed by atoms with van der Waals surface area (Å²) < 4.78 is 27.3. The Labute approximate surface area is 277 Å². The SMILES string of the molecule is CO[C@H]1O[C@@H](Oc2cc(O)cc3c2C(=O)c2c(O)cc(C)cc2[C@@]3(O)[C@@H]2O[C@@H](OC(=O)c3ccccc3)[C@H](O)[C@H](O)[C@H]2O)[C@H](O)[C@@H](O)[C@@H]1O. The number of aliphatic hydroxyl groups is 7. The molecule has 3 aromatic rings. The minimum absolute atomic E-state index is 0.0425. The first-order valence-corrected chi connectivity index (χ1v) is 15.0. The van der Waals surface area contributed by atoms with Crippen LogP contribution in [0.5, 0.6) is 17.2 Å². The Balaban J connectivity index is 1.49. The highest BCUT2D eigenvalue weighted by atomic mass is 16.8. The molecule has 16 heteroatoms. The van der Waals surface area contributed by atoms with Gasteiger partial charge in [0.1, 0.15) is 65.6 Å². The van der Waals surface area contributed by atoms with Crippen LogP contribution in [-0.4, -0.2) is 126 Å². The highest BCUT2D eigenvalue weighted by Crippen LogP contribution is 2.52. The quantitative estimate of drug-likeness (QED) is 0.136. The molecule has 0 unspecified atom stereocenters. The van der Waals surface area contributed by atoms with Crippen molar-refractivity contribution in [3.63, 3.8) is 0 Å². The van der Waals surface area contributed by atoms with E-state index in [-0.39, 0.29) is 11.1 Å². The number of carbonyl (C=O) groups is 2. The lowest BCUT2D eigenvalue weighted by atomic mass is 9.68. The van der Waals surface area contributed by atoms with Gasteiger partial charge >= 0.3 is 5.97 Å². The number of ketones is 1. The normalized spacial score (nSPS) is 34.1. The average Bonchev–Trinajstić information content (AvgIpc) is 3.07. The minimum atomic E-state index is -2.78. The molecule has 11 atom stereocenters. The first-order valence-electron chi connectivity index (χ1n) is 15.0. The van der Waals surface area contributed by atoms with Gasteiger partial charge in [-0.25, -0.2) is 4.79 Å². The number of rotatable bonds is 6. The van der Waals surface area contributed by atoms with Gasteiger partial charge in [0, 0.05) is 24.3 Å². The van der Waals surface area contributed by atoms with Gasteiger partial charge in [-0.1, -0.05) is 24.3 Å². The highest BCUT2D eigenvalue weighted by molar-refractivity contribution is 6.16. The summed E-state index contributed by atoms with van der Waals surface area (Å²) >= 11 is 0. The lowest BCUT2D eigenvalue weighted by Gasteiger charge is -2.49. The van der Waals surface area contributed by atoms with E-state index in [4.69, 9.17) is 23.7 Å². The van der Waals surface area contributed by atoms with E-state index in [9.17, 15) is 55.5 Å². The Kier molecular flexibility index (Phi) is 9.14. The van der Waals surface area contributed by atoms with Crippen LogP contribution in [0.1, 0.15) is 43.0 Å². The highest BCUT2D eigenvalue weighted by Gasteiger charge is 2.59. The second-order valence-electron chi connectivity index (χ2n) is 12.0. The number of aromatic hydroxyl groups is 2. The molecule has 2 fully saturated rings. The summed E-state index contributed by atoms with van der Waals surface area (Å²) in [6.07, 6.45) is -19.2. The van der Waals surface area contributed by atoms with E-state index in [1.807, 2.05) is 0 Å². The number of fused-ring (bicyclic) bond motifs is 2. The Morgan fingerprint density at radius 2 is 1.37 bits per heavy atom. The first-order chi connectivity index (χ1) is 23.2. The molecule has 6 rings (SSSR count). The summed E-state index contributed by atoms with van der Waals surface area (Å²) in [6, 6.07) is 11.9. The molecule has 0 amide bonds. The van der Waals surface area contributed by atoms with Crippen LogP contribution in [0.3, 0.4) is 0 Å². The fraction of sp³-hybridized carbons (Fsp3) is 0.394. The summed E-state index contributed by atoms with van der Waals surface area (Å²) in [7, 11) is 1.14. The molecule has 3 aromatic carbocycles. The predicted molar refractivity (Wildman–Crippen MR) is 160 cm³/mol. The molecule has 3 aliphatic rings. The average molecular weight is 687 g/mol. The smallest absolute Gasteiger partial charge is 0.340 e. The van der Waals surface area contributed by atoms with Gasteiger partial charge in [-0.3, -0.25) is 4.79 Å². The summed E-state index contributed by atoms with van der Waals surface area (Å²) in [5, 5.41) is 98.8. The Morgan fingerprint density at radius 1 is 0.755 bits per heavy atom. The van der Waals surface area contributed by atoms with Gasteiger partial charge in [0.05, 0.1) is 16.7 Å². The van der Waals surface area contributed by atoms with Crippen molar-refractivity contribution >= 4 is 11.8 Å². The minimum Gasteiger partial charge on any atom is -0.508 e. The van der Waals surface area contributed by atoms with Gasteiger partial charge in [-0.2, -0.15) is 0 Å². The zero-order valence-electron chi connectivity index (χ0n) is 25.9. The van der Waals surface area contributed by atoms with E-state index < -0.39 is 113 Å². The van der Waals surface area contributed by atoms with Crippen molar-refractivity contribution in [2.24, 2.45) is 0 Å². The van der Waals surface area contributed by atoms with Crippen LogP contribution in [0.15, 0.2) is 54.6 Å². The van der Waals surface area contributed by atoms with Crippen molar-refractivity contribution < 1.29 is 79.2 Å². The van der Waals surface area contributed by atoms with Gasteiger partial charge in [0.25, 0.3) is 0 Å². The molecule has 2 heterocycles. The van der Waals surface area contributed by atoms with Crippen LogP contribution in [0.4, 0.5) is 0 Å². The number of phenols is 2. The fourth-order valence-electron chi connectivity index (χ4n) is 6.39. The molecule has 49 heavy (non-hydrogen) atoms. The first kappa shape index (κ1) is 34.7. The van der Waals surface area contributed by atoms with E-state index in [0.717, 1.165) is 19.2 Å². The van der Waals surface area contributed by atoms with Gasteiger partial charge in [-0.05, 0) is 36.8 Å². The maximum absolute atomic E-state index is 14.2. The lowest BCUT2D eigenvalue weighted by Crippen LogP contribution is -2.65. The van der Waals surface area contributed by atoms with E-state index in [0.29, 0.717) is 5.56 Å². The van der Waals surface area contributed by atoms with Crippen LogP contribution in [0.2, 0.25) is 0 Å². The number of phenolic OH excluding ortho intramolecular Hbond substituents is 2. The molecular weight excluding hydrogens is 652 g/mol. The molecular formula is C33H34O16. The van der Waals surface area contributed by atoms with Crippen molar-refractivity contribution in [2.45, 2.75) is 74.1 Å². The number of esters is 1. The topological polar surface area (TPSA) is 262 Å². The Morgan fingerprint density at radius 3 is 2.04 bits per heavy atom. The van der Waals surface area contributed by atoms with Crippen molar-refractivity contribution in [3.8, 4) is 17.2 Å². The molecule has 0 spiro atoms. The standard InChI is InChI=1S/C33H34O16/c1-12-8-15-19(17(35)9-12)21(36)20-16(10-14(34)11-18(20)46-31-27(42)23(38)25(40)30(45-2)49-31)33(15,44)28-24(39)22(37)26(41)32(47-28)48-29(43)13-6-4-3-5-7-13/h3-11,22-28,30-32,34-35,37-42,44H,1-2H3/t22-,23+,24-,25+,26-,27-,28-,30+,31-,32+,33+/m1/s1. The van der Waals surface area contributed by atoms with E-state index >= 15 is 0 Å². The third kappa shape index (κ3) is 5.71. The molecule has 2 saturated heterocycles. The van der Waals surface area contributed by atoms with E-state index in [1.165, 1.54) is 31.2 Å². The monoisotopic (exact) mass is 686 g/mol. The number of carbonyl (C=O) groups excluding carboxylic acids is 2. The zero-order valence-corrected chi connectivity index (χ0v) is 25.9. The van der Waals surface area contributed by atoms with E-state index in [1.54, 1.807) is 18.2 Å². The number of hydrogen-bond donors (Lipinski definition) is 9. The molecule has 16 nitrogen and oxygen atoms in total. The molecule has 1 aliphatic carbocycles. The summed E-state index contributed by atoms with van der Waals surface area (Å²) in [6.45, 7) is 1.52. The molecule has 2 aliphatic heterocycles. The number of hydrogen-bond acceptors (Lipinski definition) is 16. The Bertz CT molecular complexity index is 1750. The van der Waals surface area contributed by atoms with Crippen molar-refractivity contribution in [1.82, 2.24) is 0 Å². The van der Waals surface area contributed by atoms with Gasteiger partial charge in [0.2, 0.25) is 18.4 Å². The predicted octanol–water partition coefficient (Wildman–Crippen LogP) is -1.36. The largest absolute Gasteiger partial charge is 0.508 e. The maximum atomic E-state index is 14.2. The van der Waals surface area contributed by atoms with Crippen LogP contribution in [0, 0.1) is 6.92 Å². The zero-order chi connectivity index (χ0) is 35.5. The number of benzene rings is 3. The van der Waals surface area contributed by atoms with Crippen LogP contribution in [-0.2, 0) is 24.5 Å². The number of aliphatic hydroxyl groups excluding tert-OH is 6. The molecule has 9 N–H and O–H groups in total. The van der Waals surface area contributed by atoms with Crippen LogP contribution >= 0.6 is 0 Å². The summed E-state index contributed by atoms with van der Waals surface area (Å²) in [4.78, 5) is 27.1. The fourth-order valence-corrected chi connectivity index (χ4v) is 6.39. The maximum Gasteiger partial charge on any atom is 0.340 e. The van der Waals surface area contributed by atoms with Crippen LogP contribution in [0.25, 0.3) is 0 Å². The summed E-state index contributed by atoms with van der Waals surface area (Å²) in [5.74, 6) is -3.81. The lowest BCUT2D eigenvalue weighted by molar-refractivity contribution is -0.327. The summed E-state index contributed by atoms with van der Waals surface area (Å²) in [5.41, 5.74) is -4.34. The van der Waals surface area contributed by atoms with Crippen molar-refractivity contribution in [2.75, 3.05) is 7.11 Å². The third-order valence-electron chi connectivity index (χ3n) is 8.84. The van der Waals surface area contributed by atoms with Gasteiger partial charge in [0.15, 0.2) is 6.29 Å².